The summed E-state index contributed by atoms with van der Waals surface area (Å²) in [5.74, 6) is -0.00158. The molecular formula is C14H26N2O3. The Labute approximate surface area is 115 Å². The van der Waals surface area contributed by atoms with Crippen LogP contribution in [0.2, 0.25) is 0 Å². The lowest BCUT2D eigenvalue weighted by Crippen LogP contribution is -2.46. The molecule has 1 rings (SSSR count). The van der Waals surface area contributed by atoms with Crippen molar-refractivity contribution in [2.75, 3.05) is 26.2 Å². The van der Waals surface area contributed by atoms with Crippen LogP contribution in [0.4, 0.5) is 0 Å². The van der Waals surface area contributed by atoms with Gasteiger partial charge in [0.1, 0.15) is 6.29 Å². The third kappa shape index (κ3) is 6.68. The molecule has 0 aromatic rings. The Morgan fingerprint density at radius 2 is 2.26 bits per heavy atom. The molecule has 0 aliphatic carbocycles. The standard InChI is InChI=1S/C14H26N2O3/c1-12(2)19-9-5-7-15-14(18)10-16-8-4-3-6-13(16)11-17/h11-13H,3-10H2,1-2H3,(H,15,18). The summed E-state index contributed by atoms with van der Waals surface area (Å²) in [7, 11) is 0. The van der Waals surface area contributed by atoms with Crippen LogP contribution >= 0.6 is 0 Å². The Hall–Kier alpha value is -0.940. The van der Waals surface area contributed by atoms with E-state index in [1.54, 1.807) is 0 Å². The summed E-state index contributed by atoms with van der Waals surface area (Å²) in [4.78, 5) is 24.7. The highest BCUT2D eigenvalue weighted by Crippen LogP contribution is 2.14. The first-order valence-corrected chi connectivity index (χ1v) is 7.21. The predicted octanol–water partition coefficient (Wildman–Crippen LogP) is 0.971. The average molecular weight is 270 g/mol. The normalized spacial score (nSPS) is 20.5. The zero-order valence-corrected chi connectivity index (χ0v) is 12.1. The van der Waals surface area contributed by atoms with E-state index < -0.39 is 0 Å². The SMILES string of the molecule is CC(C)OCCCNC(=O)CN1CCCCC1C=O. The van der Waals surface area contributed by atoms with Crippen LogP contribution in [0.1, 0.15) is 39.5 Å². The number of nitrogens with zero attached hydrogens (tertiary/aromatic N) is 1. The van der Waals surface area contributed by atoms with Gasteiger partial charge in [-0.15, -0.1) is 0 Å². The number of aldehydes is 1. The number of hydrogen-bond acceptors (Lipinski definition) is 4. The molecule has 1 fully saturated rings. The summed E-state index contributed by atoms with van der Waals surface area (Å²) in [6.45, 7) is 6.45. The molecule has 0 aromatic heterocycles. The quantitative estimate of drug-likeness (QED) is 0.527. The molecule has 1 N–H and O–H groups in total. The van der Waals surface area contributed by atoms with Crippen LogP contribution in [-0.2, 0) is 14.3 Å². The summed E-state index contributed by atoms with van der Waals surface area (Å²) < 4.78 is 5.40. The van der Waals surface area contributed by atoms with E-state index in [4.69, 9.17) is 4.74 Å². The van der Waals surface area contributed by atoms with Crippen LogP contribution < -0.4 is 5.32 Å². The van der Waals surface area contributed by atoms with Crippen molar-refractivity contribution in [1.82, 2.24) is 10.2 Å². The number of nitrogens with one attached hydrogen (secondary N) is 1. The van der Waals surface area contributed by atoms with Crippen LogP contribution in [0.5, 0.6) is 0 Å². The molecule has 1 saturated heterocycles. The fraction of sp³-hybridized carbons (Fsp3) is 0.857. The second kappa shape index (κ2) is 9.04. The van der Waals surface area contributed by atoms with E-state index in [9.17, 15) is 9.59 Å². The number of piperidine rings is 1. The highest BCUT2D eigenvalue weighted by Gasteiger charge is 2.23. The molecule has 5 nitrogen and oxygen atoms in total. The van der Waals surface area contributed by atoms with Gasteiger partial charge in [-0.2, -0.15) is 0 Å². The van der Waals surface area contributed by atoms with Gasteiger partial charge < -0.3 is 14.8 Å². The van der Waals surface area contributed by atoms with Crippen molar-refractivity contribution < 1.29 is 14.3 Å². The molecule has 1 aliphatic heterocycles. The van der Waals surface area contributed by atoms with E-state index >= 15 is 0 Å². The molecular weight excluding hydrogens is 244 g/mol. The fourth-order valence-corrected chi connectivity index (χ4v) is 2.23. The van der Waals surface area contributed by atoms with Crippen molar-refractivity contribution in [2.45, 2.75) is 51.7 Å². The maximum absolute atomic E-state index is 11.8. The topological polar surface area (TPSA) is 58.6 Å². The largest absolute Gasteiger partial charge is 0.379 e. The molecule has 1 heterocycles. The van der Waals surface area contributed by atoms with Crippen molar-refractivity contribution in [2.24, 2.45) is 0 Å². The fourth-order valence-electron chi connectivity index (χ4n) is 2.23. The molecule has 110 valence electrons. The van der Waals surface area contributed by atoms with Gasteiger partial charge in [0.15, 0.2) is 0 Å². The molecule has 1 atom stereocenters. The molecule has 1 unspecified atom stereocenters. The molecule has 0 aromatic carbocycles. The Kier molecular flexibility index (Phi) is 7.67. The number of amides is 1. The minimum absolute atomic E-state index is 0.00158. The molecule has 0 saturated carbocycles. The van der Waals surface area contributed by atoms with Crippen molar-refractivity contribution in [3.8, 4) is 0 Å². The van der Waals surface area contributed by atoms with E-state index in [0.717, 1.165) is 38.5 Å². The lowest BCUT2D eigenvalue weighted by molar-refractivity contribution is -0.124. The summed E-state index contributed by atoms with van der Waals surface area (Å²) in [5, 5.41) is 2.87. The Bertz CT molecular complexity index is 282. The van der Waals surface area contributed by atoms with Gasteiger partial charge in [-0.05, 0) is 39.7 Å². The Morgan fingerprint density at radius 1 is 1.47 bits per heavy atom. The molecule has 0 bridgehead atoms. The van der Waals surface area contributed by atoms with Crippen LogP contribution in [0.3, 0.4) is 0 Å². The second-order valence-electron chi connectivity index (χ2n) is 5.29. The van der Waals surface area contributed by atoms with E-state index in [1.807, 2.05) is 18.7 Å². The van der Waals surface area contributed by atoms with Gasteiger partial charge in [-0.1, -0.05) is 6.42 Å². The third-order valence-corrected chi connectivity index (χ3v) is 3.26. The Balaban J connectivity index is 2.14. The van der Waals surface area contributed by atoms with Gasteiger partial charge in [0.05, 0.1) is 18.7 Å². The van der Waals surface area contributed by atoms with Gasteiger partial charge in [-0.3, -0.25) is 9.69 Å². The first-order valence-electron chi connectivity index (χ1n) is 7.21. The molecule has 1 aliphatic rings. The number of carbonyl (C=O) groups excluding carboxylic acids is 2. The van der Waals surface area contributed by atoms with Crippen LogP contribution in [0.15, 0.2) is 0 Å². The number of ether oxygens (including phenoxy) is 1. The second-order valence-corrected chi connectivity index (χ2v) is 5.29. The molecule has 1 amide bonds. The summed E-state index contributed by atoms with van der Waals surface area (Å²) in [6, 6.07) is -0.0798. The minimum Gasteiger partial charge on any atom is -0.379 e. The van der Waals surface area contributed by atoms with E-state index in [1.165, 1.54) is 0 Å². The smallest absolute Gasteiger partial charge is 0.234 e. The first kappa shape index (κ1) is 16.1. The lowest BCUT2D eigenvalue weighted by Gasteiger charge is -2.31. The number of carbonyl (C=O) groups is 2. The molecule has 0 radical (unpaired) electrons. The van der Waals surface area contributed by atoms with Crippen molar-refractivity contribution in [1.29, 1.82) is 0 Å². The number of likely N-dealkylation sites (tertiary alicyclic amines) is 1. The van der Waals surface area contributed by atoms with Gasteiger partial charge in [0.25, 0.3) is 0 Å². The maximum atomic E-state index is 11.8. The molecule has 5 heteroatoms. The van der Waals surface area contributed by atoms with Gasteiger partial charge in [0.2, 0.25) is 5.91 Å². The van der Waals surface area contributed by atoms with Crippen LogP contribution in [0, 0.1) is 0 Å². The maximum Gasteiger partial charge on any atom is 0.234 e. The number of hydrogen-bond donors (Lipinski definition) is 1. The van der Waals surface area contributed by atoms with Crippen molar-refractivity contribution >= 4 is 12.2 Å². The Morgan fingerprint density at radius 3 is 2.95 bits per heavy atom. The highest BCUT2D eigenvalue weighted by molar-refractivity contribution is 5.78. The van der Waals surface area contributed by atoms with Gasteiger partial charge in [0, 0.05) is 13.2 Å². The van der Waals surface area contributed by atoms with Gasteiger partial charge in [-0.25, -0.2) is 0 Å². The van der Waals surface area contributed by atoms with E-state index in [-0.39, 0.29) is 18.1 Å². The first-order chi connectivity index (χ1) is 9.13. The van der Waals surface area contributed by atoms with Crippen LogP contribution in [-0.4, -0.2) is 55.5 Å². The van der Waals surface area contributed by atoms with Crippen LogP contribution in [0.25, 0.3) is 0 Å². The molecule has 19 heavy (non-hydrogen) atoms. The summed E-state index contributed by atoms with van der Waals surface area (Å²) in [5.41, 5.74) is 0. The third-order valence-electron chi connectivity index (χ3n) is 3.26. The van der Waals surface area contributed by atoms with Gasteiger partial charge >= 0.3 is 0 Å². The van der Waals surface area contributed by atoms with E-state index in [2.05, 4.69) is 5.32 Å². The minimum atomic E-state index is -0.0798. The molecule has 0 spiro atoms. The predicted molar refractivity (Wildman–Crippen MR) is 74.0 cm³/mol. The monoisotopic (exact) mass is 270 g/mol. The zero-order chi connectivity index (χ0) is 14.1. The van der Waals surface area contributed by atoms with E-state index in [0.29, 0.717) is 19.7 Å². The lowest BCUT2D eigenvalue weighted by atomic mass is 10.0. The number of rotatable bonds is 8. The van der Waals surface area contributed by atoms with Crippen molar-refractivity contribution in [3.05, 3.63) is 0 Å². The summed E-state index contributed by atoms with van der Waals surface area (Å²) >= 11 is 0. The zero-order valence-electron chi connectivity index (χ0n) is 12.1. The highest BCUT2D eigenvalue weighted by atomic mass is 16.5. The summed E-state index contributed by atoms with van der Waals surface area (Å²) in [6.07, 6.45) is 5.04. The average Bonchev–Trinajstić information content (AvgIpc) is 2.38. The van der Waals surface area contributed by atoms with Crippen molar-refractivity contribution in [3.63, 3.8) is 0 Å².